The number of carboxylic acids is 2. The number of aryl methyl sites for hydroxylation is 1. The van der Waals surface area contributed by atoms with Crippen LogP contribution in [0.5, 0.6) is 11.5 Å². The van der Waals surface area contributed by atoms with Crippen molar-refractivity contribution in [1.82, 2.24) is 0 Å². The van der Waals surface area contributed by atoms with E-state index in [0.717, 1.165) is 5.56 Å². The molecule has 0 fully saturated rings. The summed E-state index contributed by atoms with van der Waals surface area (Å²) in [7, 11) is 0. The van der Waals surface area contributed by atoms with Crippen LogP contribution in [0.3, 0.4) is 0 Å². The highest BCUT2D eigenvalue weighted by molar-refractivity contribution is 6.02. The van der Waals surface area contributed by atoms with E-state index in [-0.39, 0.29) is 16.9 Å². The Kier molecular flexibility index (Phi) is 3.70. The van der Waals surface area contributed by atoms with Crippen molar-refractivity contribution in [1.29, 1.82) is 0 Å². The van der Waals surface area contributed by atoms with Gasteiger partial charge < -0.3 is 14.9 Å². The first-order chi connectivity index (χ1) is 9.47. The molecule has 0 aliphatic heterocycles. The molecular weight excluding hydrogens is 260 g/mol. The summed E-state index contributed by atoms with van der Waals surface area (Å²) in [6, 6.07) is 11.1. The standard InChI is InChI=1S/C15H12O5/c1-9-2-4-10(5-3-9)20-11-6-7-12(14(16)17)13(8-11)15(18)19/h2-8H,1H3,(H,16,17)(H,18,19). The fourth-order valence-corrected chi connectivity index (χ4v) is 1.69. The van der Waals surface area contributed by atoms with Gasteiger partial charge in [-0.15, -0.1) is 0 Å². The average molecular weight is 272 g/mol. The van der Waals surface area contributed by atoms with E-state index in [1.807, 2.05) is 19.1 Å². The molecule has 0 radical (unpaired) electrons. The van der Waals surface area contributed by atoms with Crippen molar-refractivity contribution in [3.05, 3.63) is 59.2 Å². The van der Waals surface area contributed by atoms with Gasteiger partial charge in [-0.1, -0.05) is 17.7 Å². The number of hydrogen-bond donors (Lipinski definition) is 2. The zero-order valence-electron chi connectivity index (χ0n) is 10.7. The van der Waals surface area contributed by atoms with E-state index in [1.54, 1.807) is 12.1 Å². The molecule has 2 rings (SSSR count). The van der Waals surface area contributed by atoms with Gasteiger partial charge in [0, 0.05) is 0 Å². The van der Waals surface area contributed by atoms with Gasteiger partial charge in [0.2, 0.25) is 0 Å². The summed E-state index contributed by atoms with van der Waals surface area (Å²) < 4.78 is 5.50. The van der Waals surface area contributed by atoms with E-state index in [9.17, 15) is 9.59 Å². The molecule has 0 atom stereocenters. The third-order valence-corrected chi connectivity index (χ3v) is 2.71. The number of ether oxygens (including phenoxy) is 1. The van der Waals surface area contributed by atoms with Crippen LogP contribution in [-0.2, 0) is 0 Å². The van der Waals surface area contributed by atoms with Crippen LogP contribution in [0.2, 0.25) is 0 Å². The SMILES string of the molecule is Cc1ccc(Oc2ccc(C(=O)O)c(C(=O)O)c2)cc1. The van der Waals surface area contributed by atoms with Crippen molar-refractivity contribution in [3.8, 4) is 11.5 Å². The minimum absolute atomic E-state index is 0.270. The number of carboxylic acid groups (broad SMARTS) is 2. The molecule has 0 spiro atoms. The molecule has 0 unspecified atom stereocenters. The first-order valence-corrected chi connectivity index (χ1v) is 5.82. The molecule has 5 heteroatoms. The molecular formula is C15H12O5. The van der Waals surface area contributed by atoms with Gasteiger partial charge in [-0.3, -0.25) is 0 Å². The van der Waals surface area contributed by atoms with Crippen molar-refractivity contribution in [2.24, 2.45) is 0 Å². The van der Waals surface area contributed by atoms with Crippen LogP contribution in [0.15, 0.2) is 42.5 Å². The van der Waals surface area contributed by atoms with E-state index in [1.165, 1.54) is 18.2 Å². The van der Waals surface area contributed by atoms with Gasteiger partial charge in [0.25, 0.3) is 0 Å². The van der Waals surface area contributed by atoms with Crippen LogP contribution in [0, 0.1) is 6.92 Å². The van der Waals surface area contributed by atoms with Gasteiger partial charge in [-0.25, -0.2) is 9.59 Å². The molecule has 20 heavy (non-hydrogen) atoms. The van der Waals surface area contributed by atoms with Crippen molar-refractivity contribution in [2.45, 2.75) is 6.92 Å². The predicted molar refractivity (Wildman–Crippen MR) is 71.6 cm³/mol. The molecule has 2 aromatic rings. The van der Waals surface area contributed by atoms with Crippen LogP contribution >= 0.6 is 0 Å². The third-order valence-electron chi connectivity index (χ3n) is 2.71. The molecule has 0 heterocycles. The van der Waals surface area contributed by atoms with E-state index >= 15 is 0 Å². The Morgan fingerprint density at radius 2 is 1.40 bits per heavy atom. The summed E-state index contributed by atoms with van der Waals surface area (Å²) in [5, 5.41) is 17.9. The van der Waals surface area contributed by atoms with Gasteiger partial charge in [0.05, 0.1) is 11.1 Å². The monoisotopic (exact) mass is 272 g/mol. The predicted octanol–water partition coefficient (Wildman–Crippen LogP) is 3.18. The van der Waals surface area contributed by atoms with E-state index < -0.39 is 11.9 Å². The topological polar surface area (TPSA) is 83.8 Å². The van der Waals surface area contributed by atoms with Gasteiger partial charge in [-0.2, -0.15) is 0 Å². The third kappa shape index (κ3) is 2.95. The second-order valence-electron chi connectivity index (χ2n) is 4.23. The molecule has 0 aromatic heterocycles. The molecule has 0 aliphatic carbocycles. The van der Waals surface area contributed by atoms with Crippen molar-refractivity contribution in [2.75, 3.05) is 0 Å². The average Bonchev–Trinajstić information content (AvgIpc) is 2.41. The molecule has 0 saturated heterocycles. The quantitative estimate of drug-likeness (QED) is 0.893. The van der Waals surface area contributed by atoms with E-state index in [0.29, 0.717) is 5.75 Å². The lowest BCUT2D eigenvalue weighted by molar-refractivity contribution is 0.0651. The molecule has 5 nitrogen and oxygen atoms in total. The maximum atomic E-state index is 11.1. The molecule has 0 saturated carbocycles. The van der Waals surface area contributed by atoms with Crippen LogP contribution in [-0.4, -0.2) is 22.2 Å². The number of carbonyl (C=O) groups is 2. The summed E-state index contributed by atoms with van der Waals surface area (Å²) in [4.78, 5) is 22.0. The van der Waals surface area contributed by atoms with E-state index in [2.05, 4.69) is 0 Å². The second-order valence-corrected chi connectivity index (χ2v) is 4.23. The first kappa shape index (κ1) is 13.6. The lowest BCUT2D eigenvalue weighted by atomic mass is 10.1. The highest BCUT2D eigenvalue weighted by atomic mass is 16.5. The molecule has 0 bridgehead atoms. The zero-order valence-corrected chi connectivity index (χ0v) is 10.7. The molecule has 102 valence electrons. The summed E-state index contributed by atoms with van der Waals surface area (Å²) in [6.45, 7) is 1.94. The van der Waals surface area contributed by atoms with Crippen molar-refractivity contribution >= 4 is 11.9 Å². The number of hydrogen-bond acceptors (Lipinski definition) is 3. The Labute approximate surface area is 115 Å². The van der Waals surface area contributed by atoms with Crippen LogP contribution in [0.25, 0.3) is 0 Å². The number of benzene rings is 2. The molecule has 0 amide bonds. The maximum absolute atomic E-state index is 11.1. The van der Waals surface area contributed by atoms with Gasteiger partial charge in [-0.05, 0) is 37.3 Å². The Hall–Kier alpha value is -2.82. The molecule has 2 aromatic carbocycles. The van der Waals surface area contributed by atoms with Gasteiger partial charge >= 0.3 is 11.9 Å². The van der Waals surface area contributed by atoms with Crippen LogP contribution in [0.1, 0.15) is 26.3 Å². The summed E-state index contributed by atoms with van der Waals surface area (Å²) in [5.74, 6) is -1.77. The zero-order chi connectivity index (χ0) is 14.7. The first-order valence-electron chi connectivity index (χ1n) is 5.82. The second kappa shape index (κ2) is 5.44. The van der Waals surface area contributed by atoms with Gasteiger partial charge in [0.1, 0.15) is 11.5 Å². The fraction of sp³-hybridized carbons (Fsp3) is 0.0667. The maximum Gasteiger partial charge on any atom is 0.336 e. The smallest absolute Gasteiger partial charge is 0.336 e. The normalized spacial score (nSPS) is 10.1. The van der Waals surface area contributed by atoms with Crippen LogP contribution in [0.4, 0.5) is 0 Å². The van der Waals surface area contributed by atoms with Gasteiger partial charge in [0.15, 0.2) is 0 Å². The van der Waals surface area contributed by atoms with Crippen molar-refractivity contribution < 1.29 is 24.5 Å². The Bertz CT molecular complexity index is 658. The largest absolute Gasteiger partial charge is 0.478 e. The Morgan fingerprint density at radius 3 is 1.95 bits per heavy atom. The minimum Gasteiger partial charge on any atom is -0.478 e. The lowest BCUT2D eigenvalue weighted by Gasteiger charge is -2.08. The van der Waals surface area contributed by atoms with E-state index in [4.69, 9.17) is 14.9 Å². The Balaban J connectivity index is 2.34. The lowest BCUT2D eigenvalue weighted by Crippen LogP contribution is -2.07. The Morgan fingerprint density at radius 1 is 0.850 bits per heavy atom. The number of rotatable bonds is 4. The minimum atomic E-state index is -1.31. The highest BCUT2D eigenvalue weighted by Crippen LogP contribution is 2.24. The van der Waals surface area contributed by atoms with Crippen molar-refractivity contribution in [3.63, 3.8) is 0 Å². The summed E-state index contributed by atoms with van der Waals surface area (Å²) in [6.07, 6.45) is 0. The van der Waals surface area contributed by atoms with Crippen LogP contribution < -0.4 is 4.74 Å². The highest BCUT2D eigenvalue weighted by Gasteiger charge is 2.16. The summed E-state index contributed by atoms with van der Waals surface area (Å²) in [5.41, 5.74) is 0.501. The summed E-state index contributed by atoms with van der Waals surface area (Å²) >= 11 is 0. The number of aromatic carboxylic acids is 2. The molecule has 2 N–H and O–H groups in total. The molecule has 0 aliphatic rings. The fourth-order valence-electron chi connectivity index (χ4n) is 1.69.